The van der Waals surface area contributed by atoms with Crippen molar-refractivity contribution in [2.24, 2.45) is 0 Å². The van der Waals surface area contributed by atoms with Crippen molar-refractivity contribution >= 4 is 0 Å². The summed E-state index contributed by atoms with van der Waals surface area (Å²) in [4.78, 5) is 0. The van der Waals surface area contributed by atoms with Gasteiger partial charge in [0.2, 0.25) is 0 Å². The molecule has 1 unspecified atom stereocenters. The zero-order chi connectivity index (χ0) is 13.8. The van der Waals surface area contributed by atoms with Crippen molar-refractivity contribution < 1.29 is 4.48 Å². The number of piperazine rings is 1. The molecule has 0 radical (unpaired) electrons. The van der Waals surface area contributed by atoms with Gasteiger partial charge in [-0.2, -0.15) is 0 Å². The molecule has 2 aromatic carbocycles. The molecule has 1 aliphatic heterocycles. The molecule has 1 atom stereocenters. The number of rotatable bonds is 3. The second-order valence-electron chi connectivity index (χ2n) is 5.19. The minimum absolute atomic E-state index is 0.0511. The van der Waals surface area contributed by atoms with Crippen molar-refractivity contribution in [2.45, 2.75) is 12.0 Å². The first-order valence-corrected chi connectivity index (χ1v) is 7.09. The second kappa shape index (κ2) is 6.16. The molecular weight excluding hydrogens is 251 g/mol. The summed E-state index contributed by atoms with van der Waals surface area (Å²) in [5.74, 6) is 0.0511. The Kier molecular flexibility index (Phi) is 4.09. The predicted octanol–water partition coefficient (Wildman–Crippen LogP) is 2.98. The molecule has 1 saturated heterocycles. The number of hydrogen-bond acceptors (Lipinski definition) is 2. The smallest absolute Gasteiger partial charge is 0.0636 e. The summed E-state index contributed by atoms with van der Waals surface area (Å²) >= 11 is 0. The lowest BCUT2D eigenvalue weighted by Crippen LogP contribution is -2.50. The molecule has 3 rings (SSSR count). The third-order valence-corrected chi connectivity index (χ3v) is 3.92. The van der Waals surface area contributed by atoms with Crippen LogP contribution in [0.3, 0.4) is 0 Å². The Morgan fingerprint density at radius 3 is 2.00 bits per heavy atom. The molecular formula is C17H19FN2. The van der Waals surface area contributed by atoms with Crippen LogP contribution in [0.2, 0.25) is 0 Å². The topological polar surface area (TPSA) is 15.3 Å². The van der Waals surface area contributed by atoms with E-state index in [1.807, 2.05) is 36.4 Å². The van der Waals surface area contributed by atoms with E-state index in [-0.39, 0.29) is 12.0 Å². The standard InChI is InChI=1S/C17H19FN2/c18-20-12-11-19-13-16(20)17(14-7-3-1-4-8-14)15-9-5-2-6-10-15/h1-10,16-17,19H,11-13H2. The van der Waals surface area contributed by atoms with Crippen molar-refractivity contribution in [1.29, 1.82) is 0 Å². The molecule has 0 aromatic heterocycles. The van der Waals surface area contributed by atoms with Crippen molar-refractivity contribution in [3.8, 4) is 0 Å². The largest absolute Gasteiger partial charge is 0.314 e. The molecule has 1 fully saturated rings. The van der Waals surface area contributed by atoms with Gasteiger partial charge < -0.3 is 5.32 Å². The monoisotopic (exact) mass is 270 g/mol. The molecule has 2 aromatic rings. The molecule has 104 valence electrons. The van der Waals surface area contributed by atoms with E-state index >= 15 is 0 Å². The number of benzene rings is 2. The Morgan fingerprint density at radius 2 is 1.50 bits per heavy atom. The second-order valence-corrected chi connectivity index (χ2v) is 5.19. The first kappa shape index (κ1) is 13.3. The maximum absolute atomic E-state index is 14.3. The van der Waals surface area contributed by atoms with Gasteiger partial charge >= 0.3 is 0 Å². The van der Waals surface area contributed by atoms with Crippen LogP contribution in [0, 0.1) is 0 Å². The highest BCUT2D eigenvalue weighted by molar-refractivity contribution is 5.34. The molecule has 0 spiro atoms. The average molecular weight is 270 g/mol. The highest BCUT2D eigenvalue weighted by Gasteiger charge is 2.32. The number of nitrogens with one attached hydrogen (secondary N) is 1. The van der Waals surface area contributed by atoms with Crippen LogP contribution in [-0.4, -0.2) is 30.8 Å². The number of hydrogen-bond donors (Lipinski definition) is 1. The zero-order valence-electron chi connectivity index (χ0n) is 11.4. The van der Waals surface area contributed by atoms with Gasteiger partial charge in [0.25, 0.3) is 0 Å². The highest BCUT2D eigenvalue weighted by Crippen LogP contribution is 2.31. The van der Waals surface area contributed by atoms with E-state index in [2.05, 4.69) is 29.6 Å². The maximum atomic E-state index is 14.3. The van der Waals surface area contributed by atoms with Crippen LogP contribution in [0.25, 0.3) is 0 Å². The van der Waals surface area contributed by atoms with E-state index in [1.54, 1.807) is 0 Å². The highest BCUT2D eigenvalue weighted by atomic mass is 19.2. The summed E-state index contributed by atoms with van der Waals surface area (Å²) < 4.78 is 14.3. The van der Waals surface area contributed by atoms with Crippen LogP contribution in [-0.2, 0) is 0 Å². The SMILES string of the molecule is FN1CCNCC1C(c1ccccc1)c1ccccc1. The van der Waals surface area contributed by atoms with Gasteiger partial charge in [-0.05, 0) is 11.1 Å². The van der Waals surface area contributed by atoms with Gasteiger partial charge in [-0.25, -0.2) is 0 Å². The fourth-order valence-electron chi connectivity index (χ4n) is 2.94. The average Bonchev–Trinajstić information content (AvgIpc) is 2.52. The molecule has 3 heteroatoms. The normalized spacial score (nSPS) is 20.2. The van der Waals surface area contributed by atoms with Gasteiger partial charge in [0.15, 0.2) is 0 Å². The molecule has 1 aliphatic rings. The van der Waals surface area contributed by atoms with E-state index in [0.717, 1.165) is 16.2 Å². The molecule has 0 saturated carbocycles. The van der Waals surface area contributed by atoms with Crippen LogP contribution < -0.4 is 5.32 Å². The molecule has 0 amide bonds. The van der Waals surface area contributed by atoms with Crippen molar-refractivity contribution in [2.75, 3.05) is 19.6 Å². The Bertz CT molecular complexity index is 490. The molecule has 1 N–H and O–H groups in total. The summed E-state index contributed by atoms with van der Waals surface area (Å²) in [7, 11) is 0. The molecule has 20 heavy (non-hydrogen) atoms. The number of nitrogens with zero attached hydrogens (tertiary/aromatic N) is 1. The van der Waals surface area contributed by atoms with Crippen LogP contribution >= 0.6 is 0 Å². The van der Waals surface area contributed by atoms with E-state index < -0.39 is 0 Å². The third-order valence-electron chi connectivity index (χ3n) is 3.92. The lowest BCUT2D eigenvalue weighted by molar-refractivity contribution is -0.0421. The summed E-state index contributed by atoms with van der Waals surface area (Å²) in [6.45, 7) is 1.83. The Labute approximate surface area is 119 Å². The van der Waals surface area contributed by atoms with Gasteiger partial charge in [0, 0.05) is 25.6 Å². The summed E-state index contributed by atoms with van der Waals surface area (Å²) in [6.07, 6.45) is 0. The van der Waals surface area contributed by atoms with Crippen molar-refractivity contribution in [3.05, 3.63) is 71.8 Å². The Morgan fingerprint density at radius 1 is 0.950 bits per heavy atom. The lowest BCUT2D eigenvalue weighted by Gasteiger charge is -2.35. The van der Waals surface area contributed by atoms with Gasteiger partial charge in [-0.15, -0.1) is 9.60 Å². The minimum Gasteiger partial charge on any atom is -0.314 e. The lowest BCUT2D eigenvalue weighted by atomic mass is 9.84. The Hall–Kier alpha value is -1.71. The first-order chi connectivity index (χ1) is 9.86. The Balaban J connectivity index is 1.99. The number of halogens is 1. The van der Waals surface area contributed by atoms with Crippen molar-refractivity contribution in [3.63, 3.8) is 0 Å². The molecule has 0 bridgehead atoms. The van der Waals surface area contributed by atoms with Crippen LogP contribution in [0.5, 0.6) is 0 Å². The maximum Gasteiger partial charge on any atom is 0.0636 e. The molecule has 1 heterocycles. The first-order valence-electron chi connectivity index (χ1n) is 7.09. The minimum atomic E-state index is -0.159. The van der Waals surface area contributed by atoms with E-state index in [4.69, 9.17) is 0 Å². The summed E-state index contributed by atoms with van der Waals surface area (Å²) in [5, 5.41) is 4.29. The molecule has 2 nitrogen and oxygen atoms in total. The fourth-order valence-corrected chi connectivity index (χ4v) is 2.94. The van der Waals surface area contributed by atoms with E-state index in [0.29, 0.717) is 19.6 Å². The predicted molar refractivity (Wildman–Crippen MR) is 79.2 cm³/mol. The van der Waals surface area contributed by atoms with Crippen LogP contribution in [0.4, 0.5) is 4.48 Å². The summed E-state index contributed by atoms with van der Waals surface area (Å²) in [5.41, 5.74) is 2.32. The quantitative estimate of drug-likeness (QED) is 0.863. The van der Waals surface area contributed by atoms with Gasteiger partial charge in [-0.1, -0.05) is 60.7 Å². The van der Waals surface area contributed by atoms with Crippen LogP contribution in [0.15, 0.2) is 60.7 Å². The van der Waals surface area contributed by atoms with Crippen molar-refractivity contribution in [1.82, 2.24) is 10.4 Å². The fraction of sp³-hybridized carbons (Fsp3) is 0.294. The third kappa shape index (κ3) is 2.74. The zero-order valence-corrected chi connectivity index (χ0v) is 11.4. The van der Waals surface area contributed by atoms with E-state index in [9.17, 15) is 4.48 Å². The van der Waals surface area contributed by atoms with Gasteiger partial charge in [0.1, 0.15) is 0 Å². The van der Waals surface area contributed by atoms with Crippen LogP contribution in [0.1, 0.15) is 17.0 Å². The molecule has 0 aliphatic carbocycles. The van der Waals surface area contributed by atoms with Gasteiger partial charge in [0.05, 0.1) is 6.04 Å². The van der Waals surface area contributed by atoms with E-state index in [1.165, 1.54) is 0 Å². The van der Waals surface area contributed by atoms with Gasteiger partial charge in [-0.3, -0.25) is 0 Å². The summed E-state index contributed by atoms with van der Waals surface area (Å²) in [6, 6.07) is 20.2.